The van der Waals surface area contributed by atoms with Gasteiger partial charge in [0.1, 0.15) is 11.2 Å². The van der Waals surface area contributed by atoms with E-state index in [1.165, 1.54) is 4.90 Å². The molecular formula is C31H42N2O5P+. The molecule has 1 N–H and O–H groups in total. The Morgan fingerprint density at radius 3 is 2.23 bits per heavy atom. The fraction of sp³-hybridized carbons (Fsp3) is 0.484. The molecule has 3 rings (SSSR count). The quantitative estimate of drug-likeness (QED) is 0.146. The van der Waals surface area contributed by atoms with E-state index in [-0.39, 0.29) is 17.6 Å². The normalized spacial score (nSPS) is 18.1. The summed E-state index contributed by atoms with van der Waals surface area (Å²) in [5.41, 5.74) is 1.93. The van der Waals surface area contributed by atoms with Gasteiger partial charge in [-0.05, 0) is 55.4 Å². The molecule has 0 radical (unpaired) electrons. The van der Waals surface area contributed by atoms with E-state index in [1.54, 1.807) is 18.2 Å². The number of carbonyl (C=O) groups excluding carboxylic acids is 2. The number of urea groups is 1. The van der Waals surface area contributed by atoms with Crippen molar-refractivity contribution in [3.05, 3.63) is 77.9 Å². The van der Waals surface area contributed by atoms with Gasteiger partial charge in [-0.3, -0.25) is 4.79 Å². The van der Waals surface area contributed by atoms with Crippen molar-refractivity contribution < 1.29 is 23.4 Å². The molecular weight excluding hydrogens is 511 g/mol. The van der Waals surface area contributed by atoms with E-state index in [1.807, 2.05) is 64.1 Å². The first-order valence-electron chi connectivity index (χ1n) is 13.9. The Kier molecular flexibility index (Phi) is 10.8. The minimum absolute atomic E-state index is 0.205. The van der Waals surface area contributed by atoms with Crippen molar-refractivity contribution in [1.82, 2.24) is 10.2 Å². The third kappa shape index (κ3) is 6.59. The summed E-state index contributed by atoms with van der Waals surface area (Å²) in [6.07, 6.45) is 4.28. The zero-order chi connectivity index (χ0) is 28.6. The summed E-state index contributed by atoms with van der Waals surface area (Å²) in [5.74, 6) is 0.318. The smallest absolute Gasteiger partial charge is 0.469 e. The highest BCUT2D eigenvalue weighted by atomic mass is 31.1. The van der Waals surface area contributed by atoms with Gasteiger partial charge in [0.05, 0.1) is 12.6 Å². The number of nitrogens with zero attached hydrogens (tertiary/aromatic N) is 1. The maximum absolute atomic E-state index is 13.5. The molecule has 1 saturated heterocycles. The number of carbonyl (C=O) groups is 2. The van der Waals surface area contributed by atoms with Gasteiger partial charge >= 0.3 is 14.1 Å². The van der Waals surface area contributed by atoms with Gasteiger partial charge in [-0.25, -0.2) is 9.69 Å². The topological polar surface area (TPSA) is 84.9 Å². The predicted molar refractivity (Wildman–Crippen MR) is 155 cm³/mol. The van der Waals surface area contributed by atoms with Crippen LogP contribution in [0.15, 0.2) is 61.2 Å². The van der Waals surface area contributed by atoms with E-state index < -0.39 is 25.7 Å². The Hall–Kier alpha value is -3.02. The third-order valence-electron chi connectivity index (χ3n) is 7.60. The SMILES string of the molecule is C=CCC(c1ccc(O[C@@H]2N(C(=O)N[C@H](CCC)c3ccc(C)cc3)C(=O)C2(CC)CC)cc1)[P+](=O)OCC. The van der Waals surface area contributed by atoms with Gasteiger partial charge < -0.3 is 10.1 Å². The number of likely N-dealkylation sites (tertiary alicyclic amines) is 1. The van der Waals surface area contributed by atoms with Crippen LogP contribution in [-0.2, 0) is 13.9 Å². The van der Waals surface area contributed by atoms with Crippen LogP contribution < -0.4 is 10.1 Å². The van der Waals surface area contributed by atoms with E-state index in [0.29, 0.717) is 31.6 Å². The minimum Gasteiger partial charge on any atom is -0.469 e. The molecule has 4 atom stereocenters. The van der Waals surface area contributed by atoms with Crippen molar-refractivity contribution in [2.75, 3.05) is 6.61 Å². The second-order valence-electron chi connectivity index (χ2n) is 10.0. The maximum atomic E-state index is 13.5. The van der Waals surface area contributed by atoms with E-state index >= 15 is 0 Å². The average Bonchev–Trinajstić information content (AvgIpc) is 2.93. The number of rotatable bonds is 14. The molecule has 7 nitrogen and oxygen atoms in total. The molecule has 0 bridgehead atoms. The number of amides is 3. The predicted octanol–water partition coefficient (Wildman–Crippen LogP) is 8.00. The number of aryl methyl sites for hydroxylation is 1. The molecule has 8 heteroatoms. The molecule has 1 aliphatic rings. The van der Waals surface area contributed by atoms with Crippen molar-refractivity contribution in [2.24, 2.45) is 5.41 Å². The Labute approximate surface area is 233 Å². The molecule has 39 heavy (non-hydrogen) atoms. The van der Waals surface area contributed by atoms with Crippen molar-refractivity contribution in [3.63, 3.8) is 0 Å². The highest BCUT2D eigenvalue weighted by molar-refractivity contribution is 7.39. The average molecular weight is 554 g/mol. The van der Waals surface area contributed by atoms with E-state index in [2.05, 4.69) is 18.8 Å². The number of hydrogen-bond donors (Lipinski definition) is 1. The fourth-order valence-electron chi connectivity index (χ4n) is 5.14. The summed E-state index contributed by atoms with van der Waals surface area (Å²) in [4.78, 5) is 28.1. The summed E-state index contributed by atoms with van der Waals surface area (Å²) in [6, 6.07) is 14.7. The standard InChI is InChI=1S/C31H41N2O5P/c1-7-12-26(23-16-14-22(6)15-17-23)32-30(35)33-28(34)31(9-3,10-4)29(33)38-25-20-18-24(19-21-25)27(13-8-2)39(36)37-11-5/h8,14-21,26-27,29H,2,7,9-13H2,1,3-6H3/p+1/t26-,27?,29+/m1/s1. The Balaban J connectivity index is 1.82. The van der Waals surface area contributed by atoms with Crippen molar-refractivity contribution in [3.8, 4) is 5.75 Å². The van der Waals surface area contributed by atoms with Gasteiger partial charge in [0.25, 0.3) is 0 Å². The molecule has 2 unspecified atom stereocenters. The van der Waals surface area contributed by atoms with Gasteiger partial charge in [-0.1, -0.05) is 75.2 Å². The number of hydrogen-bond acceptors (Lipinski definition) is 5. The Morgan fingerprint density at radius 2 is 1.69 bits per heavy atom. The van der Waals surface area contributed by atoms with Gasteiger partial charge in [0.2, 0.25) is 11.6 Å². The minimum atomic E-state index is -1.89. The van der Waals surface area contributed by atoms with Crippen LogP contribution in [0, 0.1) is 12.3 Å². The molecule has 1 heterocycles. The third-order valence-corrected chi connectivity index (χ3v) is 9.13. The van der Waals surface area contributed by atoms with Crippen LogP contribution in [0.3, 0.4) is 0 Å². The lowest BCUT2D eigenvalue weighted by atomic mass is 9.72. The fourth-order valence-corrected chi connectivity index (χ4v) is 6.31. The van der Waals surface area contributed by atoms with Crippen LogP contribution in [0.1, 0.15) is 88.2 Å². The number of allylic oxidation sites excluding steroid dienone is 1. The number of benzene rings is 2. The molecule has 0 spiro atoms. The van der Waals surface area contributed by atoms with E-state index in [4.69, 9.17) is 9.26 Å². The summed E-state index contributed by atoms with van der Waals surface area (Å²) in [7, 11) is -1.89. The van der Waals surface area contributed by atoms with Crippen molar-refractivity contribution in [2.45, 2.75) is 84.7 Å². The monoisotopic (exact) mass is 553 g/mol. The maximum Gasteiger partial charge on any atom is 0.516 e. The summed E-state index contributed by atoms with van der Waals surface area (Å²) in [5, 5.41) is 3.08. The first-order valence-corrected chi connectivity index (χ1v) is 15.2. The van der Waals surface area contributed by atoms with Gasteiger partial charge in [-0.15, -0.1) is 11.1 Å². The van der Waals surface area contributed by atoms with Gasteiger partial charge in [0.15, 0.2) is 6.23 Å². The second kappa shape index (κ2) is 13.9. The van der Waals surface area contributed by atoms with Crippen LogP contribution >= 0.6 is 8.03 Å². The molecule has 0 aromatic heterocycles. The Morgan fingerprint density at radius 1 is 1.08 bits per heavy atom. The lowest BCUT2D eigenvalue weighted by Crippen LogP contribution is -2.73. The lowest BCUT2D eigenvalue weighted by molar-refractivity contribution is -0.191. The summed E-state index contributed by atoms with van der Waals surface area (Å²) < 4.78 is 24.3. The van der Waals surface area contributed by atoms with E-state index in [9.17, 15) is 14.2 Å². The largest absolute Gasteiger partial charge is 0.516 e. The zero-order valence-electron chi connectivity index (χ0n) is 23.8. The Bertz CT molecular complexity index is 1140. The van der Waals surface area contributed by atoms with Gasteiger partial charge in [0, 0.05) is 12.0 Å². The number of β-lactam (4-membered cyclic amide) rings is 1. The highest BCUT2D eigenvalue weighted by Gasteiger charge is 2.63. The van der Waals surface area contributed by atoms with E-state index in [0.717, 1.165) is 29.5 Å². The molecule has 210 valence electrons. The summed E-state index contributed by atoms with van der Waals surface area (Å²) >= 11 is 0. The molecule has 1 fully saturated rings. The molecule has 2 aromatic carbocycles. The summed E-state index contributed by atoms with van der Waals surface area (Å²) in [6.45, 7) is 14.0. The molecule has 0 aliphatic carbocycles. The molecule has 1 aliphatic heterocycles. The second-order valence-corrected chi connectivity index (χ2v) is 11.5. The lowest BCUT2D eigenvalue weighted by Gasteiger charge is -2.53. The first kappa shape index (κ1) is 30.5. The highest BCUT2D eigenvalue weighted by Crippen LogP contribution is 2.47. The zero-order valence-corrected chi connectivity index (χ0v) is 24.7. The molecule has 3 amide bonds. The molecule has 0 saturated carbocycles. The van der Waals surface area contributed by atoms with Crippen LogP contribution in [0.4, 0.5) is 4.79 Å². The first-order chi connectivity index (χ1) is 18.8. The number of imide groups is 1. The van der Waals surface area contributed by atoms with Crippen molar-refractivity contribution >= 4 is 20.0 Å². The number of nitrogens with one attached hydrogen (secondary N) is 1. The number of ether oxygens (including phenoxy) is 1. The van der Waals surface area contributed by atoms with Crippen LogP contribution in [0.25, 0.3) is 0 Å². The molecule has 2 aromatic rings. The van der Waals surface area contributed by atoms with Crippen LogP contribution in [0.5, 0.6) is 5.75 Å². The van der Waals surface area contributed by atoms with Gasteiger partial charge in [-0.2, -0.15) is 0 Å². The van der Waals surface area contributed by atoms with Crippen LogP contribution in [0.2, 0.25) is 0 Å². The van der Waals surface area contributed by atoms with Crippen molar-refractivity contribution in [1.29, 1.82) is 0 Å². The van der Waals surface area contributed by atoms with Crippen LogP contribution in [-0.4, -0.2) is 29.7 Å².